The van der Waals surface area contributed by atoms with Crippen molar-refractivity contribution in [3.8, 4) is 0 Å². The monoisotopic (exact) mass is 234 g/mol. The summed E-state index contributed by atoms with van der Waals surface area (Å²) in [5.74, 6) is 0. The van der Waals surface area contributed by atoms with Gasteiger partial charge in [0.25, 0.3) is 0 Å². The van der Waals surface area contributed by atoms with Crippen LogP contribution in [0.5, 0.6) is 0 Å². The minimum atomic E-state index is -0.978. The van der Waals surface area contributed by atoms with Crippen LogP contribution in [0, 0.1) is 0 Å². The molecule has 1 heterocycles. The lowest BCUT2D eigenvalue weighted by molar-refractivity contribution is 0.293. The molecule has 3 heteroatoms. The molecule has 2 rings (SSSR count). The summed E-state index contributed by atoms with van der Waals surface area (Å²) >= 11 is 0. The van der Waals surface area contributed by atoms with Crippen molar-refractivity contribution in [3.05, 3.63) is 36.0 Å². The molecule has 0 aliphatic heterocycles. The second-order valence-electron chi connectivity index (χ2n) is 5.38. The molecular formula is C14H19FN2. The van der Waals surface area contributed by atoms with Crippen LogP contribution in [0.4, 0.5) is 4.39 Å². The SMILES string of the molecule is CC(C)(C)NCC(F)c1cccc2[nH]ccc12. The van der Waals surface area contributed by atoms with Gasteiger partial charge in [0.15, 0.2) is 0 Å². The van der Waals surface area contributed by atoms with Crippen LogP contribution in [0.3, 0.4) is 0 Å². The minimum absolute atomic E-state index is 0.0591. The van der Waals surface area contributed by atoms with Crippen LogP contribution < -0.4 is 5.32 Å². The summed E-state index contributed by atoms with van der Waals surface area (Å²) in [6, 6.07) is 7.63. The number of hydrogen-bond donors (Lipinski definition) is 2. The molecule has 2 aromatic rings. The Morgan fingerprint density at radius 1 is 1.29 bits per heavy atom. The second-order valence-corrected chi connectivity index (χ2v) is 5.38. The van der Waals surface area contributed by atoms with Crippen molar-refractivity contribution in [2.24, 2.45) is 0 Å². The zero-order valence-corrected chi connectivity index (χ0v) is 10.5. The number of rotatable bonds is 3. The first kappa shape index (κ1) is 12.1. The summed E-state index contributed by atoms with van der Waals surface area (Å²) in [5, 5.41) is 4.16. The Labute approximate surface area is 101 Å². The molecule has 1 atom stereocenters. The molecule has 17 heavy (non-hydrogen) atoms. The van der Waals surface area contributed by atoms with Gasteiger partial charge < -0.3 is 10.3 Å². The fraction of sp³-hybridized carbons (Fsp3) is 0.429. The summed E-state index contributed by atoms with van der Waals surface area (Å²) in [6.45, 7) is 6.46. The number of hydrogen-bond acceptors (Lipinski definition) is 1. The zero-order valence-electron chi connectivity index (χ0n) is 10.5. The lowest BCUT2D eigenvalue weighted by Crippen LogP contribution is -2.37. The summed E-state index contributed by atoms with van der Waals surface area (Å²) in [7, 11) is 0. The molecule has 2 N–H and O–H groups in total. The highest BCUT2D eigenvalue weighted by atomic mass is 19.1. The van der Waals surface area contributed by atoms with Gasteiger partial charge in [-0.05, 0) is 38.5 Å². The van der Waals surface area contributed by atoms with Crippen LogP contribution in [0.25, 0.3) is 10.9 Å². The van der Waals surface area contributed by atoms with Crippen molar-refractivity contribution in [1.29, 1.82) is 0 Å². The van der Waals surface area contributed by atoms with E-state index in [0.29, 0.717) is 6.54 Å². The third kappa shape index (κ3) is 2.86. The van der Waals surface area contributed by atoms with E-state index < -0.39 is 6.17 Å². The first-order chi connectivity index (χ1) is 7.97. The molecule has 1 aromatic carbocycles. The number of aromatic amines is 1. The summed E-state index contributed by atoms with van der Waals surface area (Å²) in [6.07, 6.45) is 0.867. The zero-order chi connectivity index (χ0) is 12.5. The molecule has 0 bridgehead atoms. The second kappa shape index (κ2) is 4.49. The largest absolute Gasteiger partial charge is 0.361 e. The number of alkyl halides is 1. The van der Waals surface area contributed by atoms with Gasteiger partial charge in [-0.25, -0.2) is 4.39 Å². The summed E-state index contributed by atoms with van der Waals surface area (Å²) in [4.78, 5) is 3.10. The first-order valence-corrected chi connectivity index (χ1v) is 5.92. The average Bonchev–Trinajstić information content (AvgIpc) is 2.72. The van der Waals surface area contributed by atoms with Crippen LogP contribution in [-0.2, 0) is 0 Å². The molecule has 0 spiro atoms. The Hall–Kier alpha value is -1.35. The van der Waals surface area contributed by atoms with E-state index in [0.717, 1.165) is 16.5 Å². The number of aromatic nitrogens is 1. The highest BCUT2D eigenvalue weighted by Crippen LogP contribution is 2.26. The van der Waals surface area contributed by atoms with Crippen molar-refractivity contribution in [2.45, 2.75) is 32.5 Å². The normalized spacial score (nSPS) is 14.1. The van der Waals surface area contributed by atoms with E-state index in [1.165, 1.54) is 0 Å². The molecular weight excluding hydrogens is 215 g/mol. The fourth-order valence-electron chi connectivity index (χ4n) is 1.89. The molecule has 0 aliphatic carbocycles. The van der Waals surface area contributed by atoms with Crippen molar-refractivity contribution in [3.63, 3.8) is 0 Å². The van der Waals surface area contributed by atoms with Crippen LogP contribution >= 0.6 is 0 Å². The molecule has 0 saturated carbocycles. The Morgan fingerprint density at radius 2 is 2.06 bits per heavy atom. The van der Waals surface area contributed by atoms with Crippen molar-refractivity contribution < 1.29 is 4.39 Å². The maximum atomic E-state index is 14.2. The first-order valence-electron chi connectivity index (χ1n) is 5.92. The van der Waals surface area contributed by atoms with E-state index in [9.17, 15) is 4.39 Å². The predicted octanol–water partition coefficient (Wildman–Crippen LogP) is 3.57. The van der Waals surface area contributed by atoms with Gasteiger partial charge >= 0.3 is 0 Å². The molecule has 1 aromatic heterocycles. The minimum Gasteiger partial charge on any atom is -0.361 e. The van der Waals surface area contributed by atoms with Gasteiger partial charge in [-0.15, -0.1) is 0 Å². The Kier molecular flexibility index (Phi) is 3.20. The molecule has 0 fully saturated rings. The maximum absolute atomic E-state index is 14.2. The van der Waals surface area contributed by atoms with Crippen molar-refractivity contribution in [2.75, 3.05) is 6.54 Å². The molecule has 2 nitrogen and oxygen atoms in total. The van der Waals surface area contributed by atoms with E-state index in [4.69, 9.17) is 0 Å². The summed E-state index contributed by atoms with van der Waals surface area (Å²) < 4.78 is 14.2. The van der Waals surface area contributed by atoms with E-state index >= 15 is 0 Å². The highest BCUT2D eigenvalue weighted by Gasteiger charge is 2.16. The van der Waals surface area contributed by atoms with Gasteiger partial charge in [0.2, 0.25) is 0 Å². The van der Waals surface area contributed by atoms with E-state index in [1.807, 2.05) is 51.2 Å². The van der Waals surface area contributed by atoms with E-state index in [2.05, 4.69) is 10.3 Å². The summed E-state index contributed by atoms with van der Waals surface area (Å²) in [5.41, 5.74) is 1.68. The number of fused-ring (bicyclic) bond motifs is 1. The van der Waals surface area contributed by atoms with Crippen LogP contribution in [0.1, 0.15) is 32.5 Å². The van der Waals surface area contributed by atoms with Crippen LogP contribution in [-0.4, -0.2) is 17.1 Å². The van der Waals surface area contributed by atoms with Crippen LogP contribution in [0.15, 0.2) is 30.5 Å². The quantitative estimate of drug-likeness (QED) is 0.835. The Balaban J connectivity index is 2.19. The van der Waals surface area contributed by atoms with E-state index in [1.54, 1.807) is 0 Å². The fourth-order valence-corrected chi connectivity index (χ4v) is 1.89. The van der Waals surface area contributed by atoms with Gasteiger partial charge in [0.05, 0.1) is 0 Å². The number of halogens is 1. The predicted molar refractivity (Wildman–Crippen MR) is 69.9 cm³/mol. The molecule has 1 unspecified atom stereocenters. The maximum Gasteiger partial charge on any atom is 0.138 e. The third-order valence-electron chi connectivity index (χ3n) is 2.78. The topological polar surface area (TPSA) is 27.8 Å². The average molecular weight is 234 g/mol. The van der Waals surface area contributed by atoms with Crippen LogP contribution in [0.2, 0.25) is 0 Å². The third-order valence-corrected chi connectivity index (χ3v) is 2.78. The number of benzene rings is 1. The van der Waals surface area contributed by atoms with Crippen molar-refractivity contribution in [1.82, 2.24) is 10.3 Å². The van der Waals surface area contributed by atoms with Crippen molar-refractivity contribution >= 4 is 10.9 Å². The highest BCUT2D eigenvalue weighted by molar-refractivity contribution is 5.83. The van der Waals surface area contributed by atoms with Gasteiger partial charge in [-0.1, -0.05) is 12.1 Å². The van der Waals surface area contributed by atoms with Gasteiger partial charge in [0.1, 0.15) is 6.17 Å². The van der Waals surface area contributed by atoms with Gasteiger partial charge in [0, 0.05) is 29.2 Å². The Morgan fingerprint density at radius 3 is 2.76 bits per heavy atom. The molecule has 0 amide bonds. The van der Waals surface area contributed by atoms with Gasteiger partial charge in [-0.3, -0.25) is 0 Å². The standard InChI is InChI=1S/C14H19FN2/c1-14(2,3)17-9-12(15)10-5-4-6-13-11(10)7-8-16-13/h4-8,12,16-17H,9H2,1-3H3. The smallest absolute Gasteiger partial charge is 0.138 e. The molecule has 0 aliphatic rings. The van der Waals surface area contributed by atoms with E-state index in [-0.39, 0.29) is 5.54 Å². The lowest BCUT2D eigenvalue weighted by atomic mass is 10.0. The number of nitrogens with one attached hydrogen (secondary N) is 2. The molecule has 0 saturated heterocycles. The molecule has 0 radical (unpaired) electrons. The molecule has 92 valence electrons. The lowest BCUT2D eigenvalue weighted by Gasteiger charge is -2.22. The Bertz CT molecular complexity index is 496. The van der Waals surface area contributed by atoms with Gasteiger partial charge in [-0.2, -0.15) is 0 Å². The number of H-pyrrole nitrogens is 1.